The van der Waals surface area contributed by atoms with Crippen LogP contribution in [0.3, 0.4) is 0 Å². The van der Waals surface area contributed by atoms with Crippen molar-refractivity contribution in [2.45, 2.75) is 20.0 Å². The predicted molar refractivity (Wildman–Crippen MR) is 77.4 cm³/mol. The van der Waals surface area contributed by atoms with E-state index in [4.69, 9.17) is 9.15 Å². The number of nitrogens with zero attached hydrogens (tertiary/aromatic N) is 1. The highest BCUT2D eigenvalue weighted by Gasteiger charge is 2.11. The maximum absolute atomic E-state index is 9.88. The van der Waals surface area contributed by atoms with Gasteiger partial charge in [0.15, 0.2) is 0 Å². The third kappa shape index (κ3) is 4.40. The first-order valence-corrected chi connectivity index (χ1v) is 6.89. The van der Waals surface area contributed by atoms with Crippen molar-refractivity contribution < 1.29 is 14.3 Å². The molecule has 4 nitrogen and oxygen atoms in total. The number of hydrogen-bond donors (Lipinski definition) is 1. The lowest BCUT2D eigenvalue weighted by Crippen LogP contribution is -2.26. The summed E-state index contributed by atoms with van der Waals surface area (Å²) in [7, 11) is 0. The third-order valence-electron chi connectivity index (χ3n) is 3.10. The van der Waals surface area contributed by atoms with E-state index in [-0.39, 0.29) is 0 Å². The maximum atomic E-state index is 9.88. The van der Waals surface area contributed by atoms with Gasteiger partial charge in [-0.1, -0.05) is 18.2 Å². The lowest BCUT2D eigenvalue weighted by molar-refractivity contribution is 0.104. The molecule has 0 amide bonds. The van der Waals surface area contributed by atoms with E-state index in [2.05, 4.69) is 4.90 Å². The van der Waals surface area contributed by atoms with Crippen LogP contribution in [0, 0.1) is 0 Å². The van der Waals surface area contributed by atoms with Gasteiger partial charge in [-0.3, -0.25) is 4.90 Å². The number of phenols is 1. The summed E-state index contributed by atoms with van der Waals surface area (Å²) in [5, 5.41) is 9.88. The van der Waals surface area contributed by atoms with Gasteiger partial charge in [-0.25, -0.2) is 0 Å². The van der Waals surface area contributed by atoms with Crippen molar-refractivity contribution in [3.63, 3.8) is 0 Å². The quantitative estimate of drug-likeness (QED) is 0.752. The number of rotatable bonds is 8. The number of para-hydroxylation sites is 1. The predicted octanol–water partition coefficient (Wildman–Crippen LogP) is 3.02. The average Bonchev–Trinajstić information content (AvgIpc) is 2.94. The molecule has 0 aliphatic rings. The van der Waals surface area contributed by atoms with Crippen molar-refractivity contribution in [3.05, 3.63) is 54.0 Å². The molecule has 20 heavy (non-hydrogen) atoms. The van der Waals surface area contributed by atoms with Crippen molar-refractivity contribution in [1.82, 2.24) is 4.90 Å². The summed E-state index contributed by atoms with van der Waals surface area (Å²) in [6.45, 7) is 5.54. The van der Waals surface area contributed by atoms with E-state index >= 15 is 0 Å². The molecule has 2 aromatic rings. The number of phenolic OH excluding ortho intramolecular Hbond substituents is 1. The molecule has 108 valence electrons. The number of benzene rings is 1. The summed E-state index contributed by atoms with van der Waals surface area (Å²) in [5.74, 6) is 1.24. The van der Waals surface area contributed by atoms with Gasteiger partial charge in [-0.05, 0) is 25.1 Å². The highest BCUT2D eigenvalue weighted by atomic mass is 16.5. The first-order chi connectivity index (χ1) is 9.79. The average molecular weight is 275 g/mol. The van der Waals surface area contributed by atoms with Crippen molar-refractivity contribution >= 4 is 0 Å². The van der Waals surface area contributed by atoms with Gasteiger partial charge in [0.25, 0.3) is 0 Å². The molecule has 1 aromatic carbocycles. The molecule has 0 atom stereocenters. The van der Waals surface area contributed by atoms with Crippen molar-refractivity contribution in [1.29, 1.82) is 0 Å². The van der Waals surface area contributed by atoms with Crippen LogP contribution in [0.25, 0.3) is 0 Å². The Kier molecular flexibility index (Phi) is 5.65. The molecule has 0 fully saturated rings. The van der Waals surface area contributed by atoms with Gasteiger partial charge in [0.05, 0.1) is 19.4 Å². The van der Waals surface area contributed by atoms with Crippen LogP contribution in [0.15, 0.2) is 47.1 Å². The van der Waals surface area contributed by atoms with Crippen LogP contribution in [0.1, 0.15) is 18.2 Å². The summed E-state index contributed by atoms with van der Waals surface area (Å²) in [5.41, 5.74) is 0.913. The fourth-order valence-corrected chi connectivity index (χ4v) is 2.06. The second-order valence-electron chi connectivity index (χ2n) is 4.62. The Morgan fingerprint density at radius 3 is 2.70 bits per heavy atom. The van der Waals surface area contributed by atoms with Gasteiger partial charge >= 0.3 is 0 Å². The second-order valence-corrected chi connectivity index (χ2v) is 4.62. The molecule has 0 saturated carbocycles. The molecule has 0 aliphatic carbocycles. The summed E-state index contributed by atoms with van der Waals surface area (Å²) in [6, 6.07) is 11.3. The Morgan fingerprint density at radius 2 is 2.00 bits per heavy atom. The zero-order valence-corrected chi connectivity index (χ0v) is 11.8. The summed E-state index contributed by atoms with van der Waals surface area (Å²) >= 11 is 0. The Labute approximate surface area is 119 Å². The van der Waals surface area contributed by atoms with Gasteiger partial charge in [-0.15, -0.1) is 0 Å². The molecular formula is C16H21NO3. The lowest BCUT2D eigenvalue weighted by atomic mass is 10.2. The number of furan rings is 1. The zero-order chi connectivity index (χ0) is 14.2. The monoisotopic (exact) mass is 275 g/mol. The highest BCUT2D eigenvalue weighted by molar-refractivity contribution is 5.31. The lowest BCUT2D eigenvalue weighted by Gasteiger charge is -2.21. The molecular weight excluding hydrogens is 254 g/mol. The number of hydrogen-bond acceptors (Lipinski definition) is 4. The molecule has 0 aliphatic heterocycles. The molecule has 4 heteroatoms. The number of aromatic hydroxyl groups is 1. The van der Waals surface area contributed by atoms with Crippen molar-refractivity contribution in [2.75, 3.05) is 19.8 Å². The zero-order valence-electron chi connectivity index (χ0n) is 11.8. The van der Waals surface area contributed by atoms with E-state index in [1.807, 2.05) is 37.3 Å². The van der Waals surface area contributed by atoms with Gasteiger partial charge in [0.2, 0.25) is 0 Å². The van der Waals surface area contributed by atoms with Crippen LogP contribution < -0.4 is 0 Å². The molecule has 0 bridgehead atoms. The Morgan fingerprint density at radius 1 is 1.15 bits per heavy atom. The normalized spacial score (nSPS) is 11.1. The third-order valence-corrected chi connectivity index (χ3v) is 3.10. The molecule has 1 heterocycles. The van der Waals surface area contributed by atoms with Crippen LogP contribution in [0.4, 0.5) is 0 Å². The molecule has 0 spiro atoms. The summed E-state index contributed by atoms with van der Waals surface area (Å²) in [4.78, 5) is 2.20. The molecule has 0 unspecified atom stereocenters. The molecule has 0 saturated heterocycles. The Hall–Kier alpha value is -1.78. The molecule has 1 N–H and O–H groups in total. The summed E-state index contributed by atoms with van der Waals surface area (Å²) < 4.78 is 10.8. The molecule has 1 aromatic heterocycles. The Bertz CT molecular complexity index is 496. The topological polar surface area (TPSA) is 45.8 Å². The standard InChI is InChI=1S/C16H21NO3/c1-2-19-11-9-17(13-15-7-5-10-20-15)12-14-6-3-4-8-16(14)18/h3-8,10,18H,2,9,11-13H2,1H3. The minimum Gasteiger partial charge on any atom is -0.508 e. The van der Waals surface area contributed by atoms with Gasteiger partial charge in [0.1, 0.15) is 11.5 Å². The first kappa shape index (κ1) is 14.6. The fraction of sp³-hybridized carbons (Fsp3) is 0.375. The van der Waals surface area contributed by atoms with E-state index < -0.39 is 0 Å². The summed E-state index contributed by atoms with van der Waals surface area (Å²) in [6.07, 6.45) is 1.68. The molecule has 2 rings (SSSR count). The van der Waals surface area contributed by atoms with E-state index in [1.54, 1.807) is 12.3 Å². The fourth-order valence-electron chi connectivity index (χ4n) is 2.06. The van der Waals surface area contributed by atoms with Crippen LogP contribution in [0.5, 0.6) is 5.75 Å². The van der Waals surface area contributed by atoms with Crippen LogP contribution >= 0.6 is 0 Å². The van der Waals surface area contributed by atoms with E-state index in [0.717, 1.165) is 17.9 Å². The smallest absolute Gasteiger partial charge is 0.120 e. The second kappa shape index (κ2) is 7.72. The van der Waals surface area contributed by atoms with E-state index in [0.29, 0.717) is 32.1 Å². The van der Waals surface area contributed by atoms with Gasteiger partial charge in [0, 0.05) is 25.3 Å². The van der Waals surface area contributed by atoms with Gasteiger partial charge in [-0.2, -0.15) is 0 Å². The van der Waals surface area contributed by atoms with Crippen LogP contribution in [-0.2, 0) is 17.8 Å². The van der Waals surface area contributed by atoms with Gasteiger partial charge < -0.3 is 14.3 Å². The largest absolute Gasteiger partial charge is 0.508 e. The van der Waals surface area contributed by atoms with Crippen LogP contribution in [-0.4, -0.2) is 29.8 Å². The van der Waals surface area contributed by atoms with Crippen LogP contribution in [0.2, 0.25) is 0 Å². The van der Waals surface area contributed by atoms with E-state index in [1.165, 1.54) is 0 Å². The number of ether oxygens (including phenoxy) is 1. The highest BCUT2D eigenvalue weighted by Crippen LogP contribution is 2.19. The van der Waals surface area contributed by atoms with Crippen molar-refractivity contribution in [2.24, 2.45) is 0 Å². The SMILES string of the molecule is CCOCCN(Cc1ccco1)Cc1ccccc1O. The first-order valence-electron chi connectivity index (χ1n) is 6.89. The van der Waals surface area contributed by atoms with Crippen molar-refractivity contribution in [3.8, 4) is 5.75 Å². The minimum atomic E-state index is 0.327. The molecule has 0 radical (unpaired) electrons. The maximum Gasteiger partial charge on any atom is 0.120 e. The Balaban J connectivity index is 1.99. The minimum absolute atomic E-state index is 0.327. The van der Waals surface area contributed by atoms with E-state index in [9.17, 15) is 5.11 Å².